The topological polar surface area (TPSA) is 154 Å². The van der Waals surface area contributed by atoms with Crippen molar-refractivity contribution in [1.29, 1.82) is 0 Å². The summed E-state index contributed by atoms with van der Waals surface area (Å²) >= 11 is 0. The van der Waals surface area contributed by atoms with Crippen LogP contribution in [0.4, 0.5) is 0 Å². The standard InChI is InChI=1S/C9H16O2.C8H14O2.2C8H14O.C7H12O2.C2H6.Na.H2O/c1-5-11-8(10)9(4)6(2)7(9)3;1-4-10-8(9)7-5(2)6(7)3;2*1-5-6(2)8(5,4)7(3)9;1-4-5(2)7(4,3)6(8)9;1-2;;/h6-7H,5H2,1-4H3;5-7H,4H2,1-3H3;2*5-6H,1-4H3;4-5H,1-3H3,(H,8,9);1-2H3;;1H2/q;;;;;;+1;/p-1. The number of esters is 2. The van der Waals surface area contributed by atoms with Gasteiger partial charge < -0.3 is 20.1 Å². The smallest absolute Gasteiger partial charge is 0.870 e. The van der Waals surface area contributed by atoms with E-state index in [0.29, 0.717) is 84.0 Å². The largest absolute Gasteiger partial charge is 1.00 e. The second-order valence-corrected chi connectivity index (χ2v) is 16.6. The first-order chi connectivity index (χ1) is 22.8. The summed E-state index contributed by atoms with van der Waals surface area (Å²) in [7, 11) is 0. The summed E-state index contributed by atoms with van der Waals surface area (Å²) in [5.41, 5.74) is -0.546. The van der Waals surface area contributed by atoms with Gasteiger partial charge in [-0.1, -0.05) is 96.9 Å². The van der Waals surface area contributed by atoms with Crippen molar-refractivity contribution in [3.63, 3.8) is 0 Å². The Labute approximate surface area is 339 Å². The van der Waals surface area contributed by atoms with E-state index in [9.17, 15) is 24.0 Å². The Kier molecular flexibility index (Phi) is 22.4. The summed E-state index contributed by atoms with van der Waals surface area (Å²) in [6.07, 6.45) is 0. The molecule has 0 aromatic rings. The molecule has 52 heavy (non-hydrogen) atoms. The molecule has 0 saturated heterocycles. The van der Waals surface area contributed by atoms with E-state index in [4.69, 9.17) is 14.6 Å². The molecule has 5 fully saturated rings. The zero-order valence-electron chi connectivity index (χ0n) is 37.0. The fraction of sp³-hybridized carbons (Fsp3) is 0.881. The van der Waals surface area contributed by atoms with Gasteiger partial charge in [-0.15, -0.1) is 0 Å². The molecule has 0 aromatic carbocycles. The summed E-state index contributed by atoms with van der Waals surface area (Å²) in [5.74, 6) is 5.40. The SMILES string of the molecule is CC.CC(=O)C1(C)C(C)C1C.CC(=O)C1(C)C(C)C1C.CC1C(C)C1(C)C(=O)O.CCOC(=O)C1(C)C(C)C1C.CCOC(=O)C1C(C)C1C.[Na+].[OH-]. The molecule has 10 atom stereocenters. The number of hydrogen-bond acceptors (Lipinski definition) is 8. The van der Waals surface area contributed by atoms with Crippen molar-refractivity contribution in [1.82, 2.24) is 0 Å². The van der Waals surface area contributed by atoms with Crippen LogP contribution in [0.1, 0.15) is 138 Å². The Morgan fingerprint density at radius 1 is 0.519 bits per heavy atom. The van der Waals surface area contributed by atoms with Crippen LogP contribution in [-0.4, -0.2) is 53.3 Å². The van der Waals surface area contributed by atoms with Crippen molar-refractivity contribution in [2.45, 2.75) is 138 Å². The third-order valence-corrected chi connectivity index (χ3v) is 15.2. The van der Waals surface area contributed by atoms with Crippen molar-refractivity contribution in [3.05, 3.63) is 0 Å². The first-order valence-corrected chi connectivity index (χ1v) is 19.3. The second-order valence-electron chi connectivity index (χ2n) is 16.6. The van der Waals surface area contributed by atoms with Gasteiger partial charge in [0.25, 0.3) is 0 Å². The van der Waals surface area contributed by atoms with Gasteiger partial charge in [0, 0.05) is 10.8 Å². The first kappa shape index (κ1) is 55.1. The van der Waals surface area contributed by atoms with Gasteiger partial charge >= 0.3 is 47.5 Å². The summed E-state index contributed by atoms with van der Waals surface area (Å²) < 4.78 is 9.84. The van der Waals surface area contributed by atoms with Crippen LogP contribution in [0.15, 0.2) is 0 Å². The molecule has 5 rings (SSSR count). The molecule has 5 saturated carbocycles. The zero-order chi connectivity index (χ0) is 40.1. The number of ether oxygens (including phenoxy) is 2. The Hall–Kier alpha value is -1.29. The van der Waals surface area contributed by atoms with E-state index in [1.165, 1.54) is 0 Å². The van der Waals surface area contributed by atoms with Crippen LogP contribution in [0.2, 0.25) is 0 Å². The van der Waals surface area contributed by atoms with E-state index in [0.717, 1.165) is 0 Å². The molecule has 0 bridgehead atoms. The molecule has 9 nitrogen and oxygen atoms in total. The van der Waals surface area contributed by atoms with Gasteiger partial charge in [0.05, 0.1) is 30.0 Å². The minimum Gasteiger partial charge on any atom is -0.870 e. The number of hydrogen-bond donors (Lipinski definition) is 1. The van der Waals surface area contributed by atoms with Gasteiger partial charge in [0.15, 0.2) is 0 Å². The van der Waals surface area contributed by atoms with Crippen molar-refractivity contribution >= 4 is 29.5 Å². The van der Waals surface area contributed by atoms with Crippen molar-refractivity contribution in [3.8, 4) is 0 Å². The third kappa shape index (κ3) is 11.4. The molecule has 10 unspecified atom stereocenters. The summed E-state index contributed by atoms with van der Waals surface area (Å²) in [4.78, 5) is 54.7. The van der Waals surface area contributed by atoms with Gasteiger partial charge in [0.1, 0.15) is 11.6 Å². The van der Waals surface area contributed by atoms with E-state index >= 15 is 0 Å². The molecule has 0 aliphatic heterocycles. The van der Waals surface area contributed by atoms with Crippen molar-refractivity contribution < 1.29 is 73.6 Å². The van der Waals surface area contributed by atoms with Gasteiger partial charge in [-0.2, -0.15) is 0 Å². The maximum Gasteiger partial charge on any atom is 1.00 e. The van der Waals surface area contributed by atoms with E-state index in [1.54, 1.807) is 13.8 Å². The molecule has 0 amide bonds. The molecule has 5 aliphatic carbocycles. The average molecular weight is 749 g/mol. The quantitative estimate of drug-likeness (QED) is 0.235. The fourth-order valence-corrected chi connectivity index (χ4v) is 7.60. The van der Waals surface area contributed by atoms with E-state index < -0.39 is 11.4 Å². The Morgan fingerprint density at radius 3 is 0.885 bits per heavy atom. The molecule has 0 spiro atoms. The van der Waals surface area contributed by atoms with Crippen LogP contribution in [0.5, 0.6) is 0 Å². The maximum absolute atomic E-state index is 11.3. The van der Waals surface area contributed by atoms with Crippen LogP contribution >= 0.6 is 0 Å². The third-order valence-electron chi connectivity index (χ3n) is 15.2. The minimum absolute atomic E-state index is 0. The molecular weight excluding hydrogens is 671 g/mol. The van der Waals surface area contributed by atoms with Gasteiger partial charge in [-0.3, -0.25) is 24.0 Å². The maximum atomic E-state index is 11.3. The Bertz CT molecular complexity index is 1070. The fourth-order valence-electron chi connectivity index (χ4n) is 7.60. The molecular formula is C42H77NaO9. The number of rotatable bonds is 7. The predicted molar refractivity (Wildman–Crippen MR) is 203 cm³/mol. The van der Waals surface area contributed by atoms with Crippen molar-refractivity contribution in [2.24, 2.45) is 86.8 Å². The van der Waals surface area contributed by atoms with Crippen LogP contribution in [0, 0.1) is 86.8 Å². The number of ketones is 2. The van der Waals surface area contributed by atoms with E-state index in [-0.39, 0.29) is 69.1 Å². The minimum atomic E-state index is -0.650. The molecule has 0 aromatic heterocycles. The predicted octanol–water partition coefficient (Wildman–Crippen LogP) is 6.24. The van der Waals surface area contributed by atoms with Gasteiger partial charge in [0.2, 0.25) is 0 Å². The number of carbonyl (C=O) groups is 5. The molecule has 5 aliphatic rings. The Morgan fingerprint density at radius 2 is 0.769 bits per heavy atom. The number of carboxylic acid groups (broad SMARTS) is 1. The molecule has 300 valence electrons. The molecule has 10 heteroatoms. The van der Waals surface area contributed by atoms with Crippen LogP contribution < -0.4 is 29.6 Å². The van der Waals surface area contributed by atoms with Gasteiger partial charge in [-0.05, 0) is 101 Å². The van der Waals surface area contributed by atoms with Crippen LogP contribution in [0.3, 0.4) is 0 Å². The number of carbonyl (C=O) groups excluding carboxylic acids is 4. The number of Topliss-reactive ketones (excluding diaryl/α,β-unsaturated/α-hetero) is 2. The number of carboxylic acids is 1. The van der Waals surface area contributed by atoms with Crippen LogP contribution in [0.25, 0.3) is 0 Å². The molecule has 2 N–H and O–H groups in total. The number of aliphatic carboxylic acids is 1. The summed E-state index contributed by atoms with van der Waals surface area (Å²) in [6.45, 7) is 40.9. The Balaban J connectivity index is -0.000000566. The summed E-state index contributed by atoms with van der Waals surface area (Å²) in [6, 6.07) is 0. The molecule has 0 radical (unpaired) electrons. The van der Waals surface area contributed by atoms with Crippen molar-refractivity contribution in [2.75, 3.05) is 13.2 Å². The zero-order valence-corrected chi connectivity index (χ0v) is 39.0. The van der Waals surface area contributed by atoms with Gasteiger partial charge in [-0.25, -0.2) is 0 Å². The summed E-state index contributed by atoms with van der Waals surface area (Å²) in [5, 5.41) is 8.65. The van der Waals surface area contributed by atoms with E-state index in [1.807, 2.05) is 55.4 Å². The van der Waals surface area contributed by atoms with Crippen LogP contribution in [-0.2, 0) is 33.4 Å². The monoisotopic (exact) mass is 749 g/mol. The molecule has 0 heterocycles. The normalized spacial score (nSPS) is 41.5. The van der Waals surface area contributed by atoms with E-state index in [2.05, 4.69) is 69.2 Å². The first-order valence-electron chi connectivity index (χ1n) is 19.3. The second kappa shape index (κ2) is 21.1. The average Bonchev–Trinajstić information content (AvgIpc) is 4.05.